The van der Waals surface area contributed by atoms with Gasteiger partial charge in [-0.3, -0.25) is 9.11 Å². The predicted octanol–water partition coefficient (Wildman–Crippen LogP) is -1.29. The zero-order valence-electron chi connectivity index (χ0n) is 8.65. The summed E-state index contributed by atoms with van der Waals surface area (Å²) in [6, 6.07) is 0. The van der Waals surface area contributed by atoms with E-state index in [-0.39, 0.29) is 6.61 Å². The third kappa shape index (κ3) is 423. The van der Waals surface area contributed by atoms with Crippen LogP contribution < -0.4 is 0 Å². The fourth-order valence-corrected chi connectivity index (χ4v) is 0.112. The molecule has 0 fully saturated rings. The summed E-state index contributed by atoms with van der Waals surface area (Å²) in [6.07, 6.45) is 3.45. The Hall–Kier alpha value is -0.860. The number of aliphatic hydroxyl groups is 2. The number of hydrogen-bond donors (Lipinski definition) is 4. The van der Waals surface area contributed by atoms with Crippen molar-refractivity contribution in [2.75, 3.05) is 19.1 Å². The monoisotopic (exact) mass is 278 g/mol. The van der Waals surface area contributed by atoms with Gasteiger partial charge in [0, 0.05) is 6.42 Å². The van der Waals surface area contributed by atoms with Gasteiger partial charge in [0.05, 0.1) is 19.1 Å². The summed E-state index contributed by atoms with van der Waals surface area (Å²) in [5, 5.41) is 15.7. The summed E-state index contributed by atoms with van der Waals surface area (Å²) in [5.74, 6) is 2.25. The van der Waals surface area contributed by atoms with E-state index in [0.717, 1.165) is 0 Å². The largest absolute Gasteiger partial charge is 0.462 e. The normalized spacial score (nSPS) is 9.56. The first kappa shape index (κ1) is 20.5. The summed E-state index contributed by atoms with van der Waals surface area (Å²) < 4.78 is 51.7. The molecule has 0 aliphatic carbocycles. The minimum Gasteiger partial charge on any atom is -0.462 e. The molecule has 0 aromatic carbocycles. The summed E-state index contributed by atoms with van der Waals surface area (Å²) >= 11 is 0. The van der Waals surface area contributed by atoms with Crippen LogP contribution in [0, 0.1) is 12.0 Å². The van der Waals surface area contributed by atoms with Crippen LogP contribution in [0.15, 0.2) is 0 Å². The van der Waals surface area contributed by atoms with E-state index in [1.807, 2.05) is 0 Å². The molecule has 0 saturated heterocycles. The van der Waals surface area contributed by atoms with Gasteiger partial charge >= 0.3 is 0 Å². The predicted molar refractivity (Wildman–Crippen MR) is 56.4 cm³/mol. The molecule has 8 nitrogen and oxygen atoms in total. The summed E-state index contributed by atoms with van der Waals surface area (Å²) in [6.45, 7) is 0.0214. The van der Waals surface area contributed by atoms with Crippen molar-refractivity contribution >= 4 is 20.2 Å². The molecule has 0 saturated carbocycles. The first-order chi connectivity index (χ1) is 6.91. The molecule has 0 unspecified atom stereocenters. The van der Waals surface area contributed by atoms with Crippen LogP contribution in [0.2, 0.25) is 0 Å². The van der Waals surface area contributed by atoms with Gasteiger partial charge in [0.2, 0.25) is 0 Å². The van der Waals surface area contributed by atoms with Crippen LogP contribution in [-0.4, -0.2) is 55.3 Å². The van der Waals surface area contributed by atoms with Crippen molar-refractivity contribution in [2.24, 2.45) is 0 Å². The molecule has 0 aliphatic rings. The van der Waals surface area contributed by atoms with E-state index >= 15 is 0 Å². The van der Waals surface area contributed by atoms with Gasteiger partial charge in [-0.05, 0) is 0 Å². The molecular formula is C6H14O8S2. The minimum atomic E-state index is -3.67. The molecule has 0 bridgehead atoms. The molecule has 0 aliphatic heterocycles. The molecule has 98 valence electrons. The molecule has 0 amide bonds. The third-order valence-corrected chi connectivity index (χ3v) is 0.316. The number of rotatable bonds is 1. The topological polar surface area (TPSA) is 149 Å². The van der Waals surface area contributed by atoms with E-state index in [4.69, 9.17) is 19.3 Å². The SMILES string of the molecule is CS(=O)(=O)O.CS(=O)(=O)O.OC#CCCO. The summed E-state index contributed by atoms with van der Waals surface area (Å²) in [4.78, 5) is 0. The Morgan fingerprint density at radius 1 is 1.00 bits per heavy atom. The molecule has 0 heterocycles. The molecular weight excluding hydrogens is 264 g/mol. The molecule has 0 atom stereocenters. The Labute approximate surface area is 94.4 Å². The van der Waals surface area contributed by atoms with E-state index in [9.17, 15) is 16.8 Å². The number of hydrogen-bond acceptors (Lipinski definition) is 6. The lowest BCUT2D eigenvalue weighted by Crippen LogP contribution is -1.88. The van der Waals surface area contributed by atoms with Gasteiger partial charge in [0.1, 0.15) is 6.11 Å². The molecule has 0 radical (unpaired) electrons. The zero-order chi connectivity index (χ0) is 13.8. The average molecular weight is 278 g/mol. The second-order valence-corrected chi connectivity index (χ2v) is 5.16. The Kier molecular flexibility index (Phi) is 13.7. The van der Waals surface area contributed by atoms with Gasteiger partial charge in [-0.15, -0.1) is 0 Å². The highest BCUT2D eigenvalue weighted by atomic mass is 32.2. The van der Waals surface area contributed by atoms with Crippen molar-refractivity contribution < 1.29 is 36.2 Å². The van der Waals surface area contributed by atoms with Crippen LogP contribution in [0.5, 0.6) is 0 Å². The first-order valence-corrected chi connectivity index (χ1v) is 7.19. The number of aliphatic hydroxyl groups excluding tert-OH is 2. The Bertz CT molecular complexity index is 350. The van der Waals surface area contributed by atoms with Gasteiger partial charge in [-0.2, -0.15) is 16.8 Å². The van der Waals surface area contributed by atoms with Gasteiger partial charge < -0.3 is 10.2 Å². The van der Waals surface area contributed by atoms with Crippen LogP contribution >= 0.6 is 0 Å². The lowest BCUT2D eigenvalue weighted by molar-refractivity contribution is 0.304. The maximum atomic E-state index is 9.19. The van der Waals surface area contributed by atoms with Crippen molar-refractivity contribution in [3.63, 3.8) is 0 Å². The maximum Gasteiger partial charge on any atom is 0.261 e. The van der Waals surface area contributed by atoms with Crippen molar-refractivity contribution in [1.29, 1.82) is 0 Å². The maximum absolute atomic E-state index is 9.19. The molecule has 0 spiro atoms. The minimum absolute atomic E-state index is 0.0214. The second-order valence-electron chi connectivity index (χ2n) is 2.23. The molecule has 0 aromatic rings. The van der Waals surface area contributed by atoms with E-state index in [1.165, 1.54) is 0 Å². The van der Waals surface area contributed by atoms with E-state index in [1.54, 1.807) is 6.11 Å². The molecule has 0 aromatic heterocycles. The standard InChI is InChI=1S/C4H6O2.2CH4O3S/c5-3-1-2-4-6;2*1-5(2,3)4/h5-6H,1,3H2;2*1H3,(H,2,3,4). The third-order valence-electron chi connectivity index (χ3n) is 0.316. The molecule has 0 rings (SSSR count). The smallest absolute Gasteiger partial charge is 0.261 e. The Morgan fingerprint density at radius 2 is 1.25 bits per heavy atom. The zero-order valence-corrected chi connectivity index (χ0v) is 10.3. The van der Waals surface area contributed by atoms with E-state index in [2.05, 4.69) is 5.92 Å². The van der Waals surface area contributed by atoms with E-state index in [0.29, 0.717) is 18.9 Å². The first-order valence-electron chi connectivity index (χ1n) is 3.49. The fourth-order valence-electron chi connectivity index (χ4n) is 0.112. The van der Waals surface area contributed by atoms with Gasteiger partial charge in [-0.25, -0.2) is 0 Å². The summed E-state index contributed by atoms with van der Waals surface area (Å²) in [5.41, 5.74) is 0. The van der Waals surface area contributed by atoms with Crippen molar-refractivity contribution in [2.45, 2.75) is 6.42 Å². The van der Waals surface area contributed by atoms with E-state index < -0.39 is 20.2 Å². The Balaban J connectivity index is -0.000000160. The lowest BCUT2D eigenvalue weighted by atomic mass is 10.5. The van der Waals surface area contributed by atoms with Gasteiger partial charge in [0.25, 0.3) is 20.2 Å². The highest BCUT2D eigenvalue weighted by molar-refractivity contribution is 7.85. The molecule has 4 N–H and O–H groups in total. The van der Waals surface area contributed by atoms with Crippen LogP contribution in [0.1, 0.15) is 6.42 Å². The van der Waals surface area contributed by atoms with Crippen LogP contribution in [0.3, 0.4) is 0 Å². The molecule has 16 heavy (non-hydrogen) atoms. The van der Waals surface area contributed by atoms with Crippen LogP contribution in [0.25, 0.3) is 0 Å². The Morgan fingerprint density at radius 3 is 1.31 bits per heavy atom. The average Bonchev–Trinajstić information content (AvgIpc) is 1.94. The highest BCUT2D eigenvalue weighted by Crippen LogP contribution is 1.65. The van der Waals surface area contributed by atoms with Crippen LogP contribution in [-0.2, 0) is 20.2 Å². The van der Waals surface area contributed by atoms with Gasteiger partial charge in [0.15, 0.2) is 0 Å². The second kappa shape index (κ2) is 10.7. The van der Waals surface area contributed by atoms with Crippen molar-refractivity contribution in [3.8, 4) is 12.0 Å². The van der Waals surface area contributed by atoms with Crippen LogP contribution in [0.4, 0.5) is 0 Å². The molecule has 10 heteroatoms. The van der Waals surface area contributed by atoms with Crippen molar-refractivity contribution in [3.05, 3.63) is 0 Å². The lowest BCUT2D eigenvalue weighted by Gasteiger charge is -1.71. The van der Waals surface area contributed by atoms with Gasteiger partial charge in [-0.1, -0.05) is 5.92 Å². The fraction of sp³-hybridized carbons (Fsp3) is 0.667. The quantitative estimate of drug-likeness (QED) is 0.342. The van der Waals surface area contributed by atoms with Crippen molar-refractivity contribution in [1.82, 2.24) is 0 Å². The highest BCUT2D eigenvalue weighted by Gasteiger charge is 1.82. The summed E-state index contributed by atoms with van der Waals surface area (Å²) in [7, 11) is -7.33.